The van der Waals surface area contributed by atoms with E-state index >= 15 is 0 Å². The van der Waals surface area contributed by atoms with Crippen LogP contribution in [-0.4, -0.2) is 38.5 Å². The van der Waals surface area contributed by atoms with E-state index in [-0.39, 0.29) is 0 Å². The molecule has 0 saturated carbocycles. The van der Waals surface area contributed by atoms with Crippen molar-refractivity contribution in [3.63, 3.8) is 0 Å². The fourth-order valence-electron chi connectivity index (χ4n) is 1.05. The summed E-state index contributed by atoms with van der Waals surface area (Å²) in [5, 5.41) is 16.4. The van der Waals surface area contributed by atoms with Gasteiger partial charge in [0.25, 0.3) is 0 Å². The van der Waals surface area contributed by atoms with Crippen LogP contribution in [0, 0.1) is 0 Å². The molecule has 5 nitrogen and oxygen atoms in total. The molecule has 1 unspecified atom stereocenters. The van der Waals surface area contributed by atoms with E-state index in [1.54, 1.807) is 11.8 Å². The second-order valence-corrected chi connectivity index (χ2v) is 4.78. The normalized spacial score (nSPS) is 13.0. The third-order valence-electron chi connectivity index (χ3n) is 2.13. The Morgan fingerprint density at radius 1 is 1.47 bits per heavy atom. The summed E-state index contributed by atoms with van der Waals surface area (Å²) in [5.41, 5.74) is 0. The summed E-state index contributed by atoms with van der Waals surface area (Å²) in [5.74, 6) is 0. The minimum atomic E-state index is 0.564. The molecule has 0 aliphatic heterocycles. The smallest absolute Gasteiger partial charge is 0.209 e. The summed E-state index contributed by atoms with van der Waals surface area (Å²) >= 11 is 1.73. The first-order chi connectivity index (χ1) is 7.27. The van der Waals surface area contributed by atoms with Gasteiger partial charge in [0.2, 0.25) is 5.16 Å². The summed E-state index contributed by atoms with van der Waals surface area (Å²) in [6, 6.07) is 0. The lowest BCUT2D eigenvalue weighted by Crippen LogP contribution is -2.20. The maximum absolute atomic E-state index is 4.02. The number of tetrazole rings is 1. The SMILES string of the molecule is CCNCCn1nnnc1SC(C)CC. The molecular weight excluding hydrogens is 210 g/mol. The molecule has 1 aromatic heterocycles. The Bertz CT molecular complexity index is 275. The Morgan fingerprint density at radius 2 is 2.27 bits per heavy atom. The molecule has 0 bridgehead atoms. The van der Waals surface area contributed by atoms with E-state index < -0.39 is 0 Å². The van der Waals surface area contributed by atoms with E-state index in [1.165, 1.54) is 0 Å². The van der Waals surface area contributed by atoms with Crippen LogP contribution in [0.3, 0.4) is 0 Å². The fourth-order valence-corrected chi connectivity index (χ4v) is 1.91. The molecule has 0 aromatic carbocycles. The van der Waals surface area contributed by atoms with E-state index in [9.17, 15) is 0 Å². The molecule has 86 valence electrons. The largest absolute Gasteiger partial charge is 0.315 e. The van der Waals surface area contributed by atoms with Gasteiger partial charge >= 0.3 is 0 Å². The third kappa shape index (κ3) is 4.17. The Morgan fingerprint density at radius 3 is 2.93 bits per heavy atom. The van der Waals surface area contributed by atoms with Gasteiger partial charge in [-0.05, 0) is 23.4 Å². The number of hydrogen-bond donors (Lipinski definition) is 1. The van der Waals surface area contributed by atoms with Gasteiger partial charge in [-0.15, -0.1) is 5.10 Å². The maximum Gasteiger partial charge on any atom is 0.209 e. The highest BCUT2D eigenvalue weighted by atomic mass is 32.2. The maximum atomic E-state index is 4.02. The van der Waals surface area contributed by atoms with Gasteiger partial charge in [0.15, 0.2) is 0 Å². The standard InChI is InChI=1S/C9H19N5S/c1-4-8(3)15-9-11-12-13-14(9)7-6-10-5-2/h8,10H,4-7H2,1-3H3. The number of nitrogens with zero attached hydrogens (tertiary/aromatic N) is 4. The highest BCUT2D eigenvalue weighted by molar-refractivity contribution is 7.99. The lowest BCUT2D eigenvalue weighted by Gasteiger charge is -2.08. The van der Waals surface area contributed by atoms with Gasteiger partial charge in [-0.1, -0.05) is 32.5 Å². The molecule has 1 rings (SSSR count). The summed E-state index contributed by atoms with van der Waals surface area (Å²) in [6.07, 6.45) is 1.13. The minimum Gasteiger partial charge on any atom is -0.315 e. The monoisotopic (exact) mass is 229 g/mol. The fraction of sp³-hybridized carbons (Fsp3) is 0.889. The first-order valence-electron chi connectivity index (χ1n) is 5.41. The van der Waals surface area contributed by atoms with E-state index in [2.05, 4.69) is 41.6 Å². The lowest BCUT2D eigenvalue weighted by molar-refractivity contribution is 0.517. The van der Waals surface area contributed by atoms with Crippen LogP contribution in [0.5, 0.6) is 0 Å². The number of likely N-dealkylation sites (N-methyl/N-ethyl adjacent to an activating group) is 1. The number of nitrogens with one attached hydrogen (secondary N) is 1. The number of thioether (sulfide) groups is 1. The van der Waals surface area contributed by atoms with Gasteiger partial charge in [-0.2, -0.15) is 0 Å². The first-order valence-corrected chi connectivity index (χ1v) is 6.29. The van der Waals surface area contributed by atoms with Crippen LogP contribution in [0.2, 0.25) is 0 Å². The zero-order valence-corrected chi connectivity index (χ0v) is 10.4. The van der Waals surface area contributed by atoms with Crippen molar-refractivity contribution in [2.24, 2.45) is 0 Å². The van der Waals surface area contributed by atoms with Crippen molar-refractivity contribution in [1.82, 2.24) is 25.5 Å². The zero-order valence-electron chi connectivity index (χ0n) is 9.60. The topological polar surface area (TPSA) is 55.6 Å². The van der Waals surface area contributed by atoms with Crippen LogP contribution < -0.4 is 5.32 Å². The molecule has 0 aliphatic rings. The van der Waals surface area contributed by atoms with Gasteiger partial charge < -0.3 is 5.32 Å². The molecule has 6 heteroatoms. The highest BCUT2D eigenvalue weighted by Gasteiger charge is 2.09. The quantitative estimate of drug-likeness (QED) is 0.562. The highest BCUT2D eigenvalue weighted by Crippen LogP contribution is 2.21. The molecule has 15 heavy (non-hydrogen) atoms. The molecule has 0 fully saturated rings. The molecule has 0 radical (unpaired) electrons. The Kier molecular flexibility index (Phi) is 5.63. The van der Waals surface area contributed by atoms with E-state index in [0.29, 0.717) is 5.25 Å². The van der Waals surface area contributed by atoms with Crippen molar-refractivity contribution in [2.45, 2.75) is 44.1 Å². The predicted octanol–water partition coefficient (Wildman–Crippen LogP) is 1.17. The van der Waals surface area contributed by atoms with Crippen molar-refractivity contribution in [3.05, 3.63) is 0 Å². The molecule has 1 N–H and O–H groups in total. The minimum absolute atomic E-state index is 0.564. The lowest BCUT2D eigenvalue weighted by atomic mass is 10.4. The van der Waals surface area contributed by atoms with Gasteiger partial charge in [0.05, 0.1) is 6.54 Å². The summed E-state index contributed by atoms with van der Waals surface area (Å²) in [6.45, 7) is 9.18. The van der Waals surface area contributed by atoms with Crippen LogP contribution in [-0.2, 0) is 6.54 Å². The average molecular weight is 229 g/mol. The summed E-state index contributed by atoms with van der Waals surface area (Å²) in [4.78, 5) is 0. The zero-order chi connectivity index (χ0) is 11.1. The Labute approximate surface area is 95.0 Å². The number of hydrogen-bond acceptors (Lipinski definition) is 5. The second-order valence-electron chi connectivity index (χ2n) is 3.37. The van der Waals surface area contributed by atoms with Crippen molar-refractivity contribution >= 4 is 11.8 Å². The van der Waals surface area contributed by atoms with Crippen molar-refractivity contribution in [2.75, 3.05) is 13.1 Å². The predicted molar refractivity (Wildman–Crippen MR) is 62.0 cm³/mol. The molecule has 0 amide bonds. The summed E-state index contributed by atoms with van der Waals surface area (Å²) < 4.78 is 1.86. The van der Waals surface area contributed by atoms with Crippen molar-refractivity contribution < 1.29 is 0 Å². The second kappa shape index (κ2) is 6.79. The van der Waals surface area contributed by atoms with Crippen molar-refractivity contribution in [1.29, 1.82) is 0 Å². The van der Waals surface area contributed by atoms with Gasteiger partial charge in [0, 0.05) is 11.8 Å². The van der Waals surface area contributed by atoms with E-state index in [0.717, 1.165) is 31.2 Å². The van der Waals surface area contributed by atoms with E-state index in [4.69, 9.17) is 0 Å². The molecule has 0 spiro atoms. The van der Waals surface area contributed by atoms with Crippen LogP contribution in [0.25, 0.3) is 0 Å². The molecule has 1 aromatic rings. The van der Waals surface area contributed by atoms with Gasteiger partial charge in [0.1, 0.15) is 0 Å². The van der Waals surface area contributed by atoms with E-state index in [1.807, 2.05) is 4.68 Å². The number of rotatable bonds is 7. The first kappa shape index (κ1) is 12.4. The molecule has 1 atom stereocenters. The van der Waals surface area contributed by atoms with Crippen LogP contribution in [0.4, 0.5) is 0 Å². The van der Waals surface area contributed by atoms with Crippen LogP contribution in [0.15, 0.2) is 5.16 Å². The molecule has 0 aliphatic carbocycles. The van der Waals surface area contributed by atoms with Crippen LogP contribution >= 0.6 is 11.8 Å². The van der Waals surface area contributed by atoms with Crippen LogP contribution in [0.1, 0.15) is 27.2 Å². The Balaban J connectivity index is 2.45. The summed E-state index contributed by atoms with van der Waals surface area (Å²) in [7, 11) is 0. The Hall–Kier alpha value is -0.620. The van der Waals surface area contributed by atoms with Gasteiger partial charge in [-0.3, -0.25) is 0 Å². The van der Waals surface area contributed by atoms with Crippen molar-refractivity contribution in [3.8, 4) is 0 Å². The number of aromatic nitrogens is 4. The molecule has 0 saturated heterocycles. The molecule has 1 heterocycles. The average Bonchev–Trinajstić information content (AvgIpc) is 2.66. The third-order valence-corrected chi connectivity index (χ3v) is 3.37. The van der Waals surface area contributed by atoms with Gasteiger partial charge in [-0.25, -0.2) is 4.68 Å². The molecular formula is C9H19N5S.